The summed E-state index contributed by atoms with van der Waals surface area (Å²) in [4.78, 5) is 25.2. The fourth-order valence-electron chi connectivity index (χ4n) is 0.911. The largest absolute Gasteiger partial charge is 0.481 e. The highest BCUT2D eigenvalue weighted by Crippen LogP contribution is 2.05. The van der Waals surface area contributed by atoms with E-state index in [-0.39, 0.29) is 24.8 Å². The van der Waals surface area contributed by atoms with Crippen LogP contribution in [0.1, 0.15) is 19.8 Å². The molecule has 0 fully saturated rings. The number of nitrogens with one attached hydrogen (secondary N) is 2. The molecule has 0 unspecified atom stereocenters. The number of carboxylic acid groups (broad SMARTS) is 1. The van der Waals surface area contributed by atoms with Crippen molar-refractivity contribution in [2.24, 2.45) is 0 Å². The van der Waals surface area contributed by atoms with Gasteiger partial charge in [0.25, 0.3) is 0 Å². The summed E-state index contributed by atoms with van der Waals surface area (Å²) >= 11 is 0. The Kier molecular flexibility index (Phi) is 4.25. The number of ether oxygens (including phenoxy) is 1. The molecule has 0 aliphatic heterocycles. The van der Waals surface area contributed by atoms with Crippen LogP contribution in [0, 0.1) is 0 Å². The zero-order valence-electron chi connectivity index (χ0n) is 8.69. The van der Waals surface area contributed by atoms with Gasteiger partial charge in [0.05, 0.1) is 13.0 Å². The maximum absolute atomic E-state index is 11.2. The molecule has 0 atom stereocenters. The maximum atomic E-state index is 11.2. The molecule has 1 amide bonds. The summed E-state index contributed by atoms with van der Waals surface area (Å²) in [5.41, 5.74) is 0. The van der Waals surface area contributed by atoms with Gasteiger partial charge in [-0.2, -0.15) is 4.98 Å². The molecule has 3 N–H and O–H groups in total. The lowest BCUT2D eigenvalue weighted by Crippen LogP contribution is -2.14. The van der Waals surface area contributed by atoms with E-state index >= 15 is 0 Å². The molecule has 0 aliphatic rings. The number of anilines is 1. The fraction of sp³-hybridized carbons (Fsp3) is 0.500. The van der Waals surface area contributed by atoms with E-state index < -0.39 is 11.9 Å². The number of amides is 1. The summed E-state index contributed by atoms with van der Waals surface area (Å²) in [5, 5.41) is 16.8. The van der Waals surface area contributed by atoms with Gasteiger partial charge < -0.3 is 9.84 Å². The third kappa shape index (κ3) is 3.95. The normalized spacial score (nSPS) is 9.81. The Morgan fingerprint density at radius 3 is 2.88 bits per heavy atom. The van der Waals surface area contributed by atoms with Crippen molar-refractivity contribution in [1.29, 1.82) is 0 Å². The van der Waals surface area contributed by atoms with Gasteiger partial charge in [-0.05, 0) is 6.92 Å². The number of carbonyl (C=O) groups excluding carboxylic acids is 1. The van der Waals surface area contributed by atoms with E-state index in [0.717, 1.165) is 0 Å². The summed E-state index contributed by atoms with van der Waals surface area (Å²) in [6, 6.07) is 0.135. The van der Waals surface area contributed by atoms with Gasteiger partial charge >= 0.3 is 12.0 Å². The number of aromatic amines is 1. The molecule has 0 aromatic carbocycles. The van der Waals surface area contributed by atoms with E-state index in [9.17, 15) is 9.59 Å². The summed E-state index contributed by atoms with van der Waals surface area (Å²) in [6.45, 7) is 2.20. The highest BCUT2D eigenvalue weighted by molar-refractivity contribution is 5.90. The first-order chi connectivity index (χ1) is 7.61. The van der Waals surface area contributed by atoms with Gasteiger partial charge in [0.2, 0.25) is 11.9 Å². The predicted octanol–water partition coefficient (Wildman–Crippen LogP) is 0.00670. The minimum atomic E-state index is -1.03. The summed E-state index contributed by atoms with van der Waals surface area (Å²) in [6.07, 6.45) is -0.335. The molecule has 0 saturated carbocycles. The quantitative estimate of drug-likeness (QED) is 0.631. The van der Waals surface area contributed by atoms with Crippen LogP contribution < -0.4 is 10.1 Å². The highest BCUT2D eigenvalue weighted by atomic mass is 16.5. The topological polar surface area (TPSA) is 117 Å². The van der Waals surface area contributed by atoms with Crippen LogP contribution >= 0.6 is 0 Å². The van der Waals surface area contributed by atoms with Crippen LogP contribution in [0.25, 0.3) is 0 Å². The molecule has 0 aliphatic carbocycles. The SMILES string of the molecule is CCOc1n[nH]c(NC(=O)CCC(=O)O)n1. The van der Waals surface area contributed by atoms with Crippen LogP contribution in [0.2, 0.25) is 0 Å². The Morgan fingerprint density at radius 1 is 1.50 bits per heavy atom. The molecule has 1 rings (SSSR count). The van der Waals surface area contributed by atoms with Crippen molar-refractivity contribution >= 4 is 17.8 Å². The van der Waals surface area contributed by atoms with E-state index in [1.165, 1.54) is 0 Å². The lowest BCUT2D eigenvalue weighted by Gasteiger charge is -1.98. The first kappa shape index (κ1) is 12.0. The van der Waals surface area contributed by atoms with Crippen LogP contribution in [0.5, 0.6) is 6.01 Å². The van der Waals surface area contributed by atoms with Crippen LogP contribution in [0.4, 0.5) is 5.95 Å². The van der Waals surface area contributed by atoms with E-state index in [2.05, 4.69) is 20.5 Å². The van der Waals surface area contributed by atoms with Crippen molar-refractivity contribution in [2.75, 3.05) is 11.9 Å². The molecule has 0 saturated heterocycles. The first-order valence-corrected chi connectivity index (χ1v) is 4.68. The average Bonchev–Trinajstić information content (AvgIpc) is 2.63. The van der Waals surface area contributed by atoms with E-state index in [4.69, 9.17) is 9.84 Å². The molecular weight excluding hydrogens is 216 g/mol. The Balaban J connectivity index is 2.40. The second-order valence-electron chi connectivity index (χ2n) is 2.84. The number of rotatable bonds is 6. The molecule has 8 nitrogen and oxygen atoms in total. The third-order valence-electron chi connectivity index (χ3n) is 1.56. The van der Waals surface area contributed by atoms with Crippen LogP contribution in [0.3, 0.4) is 0 Å². The second-order valence-corrected chi connectivity index (χ2v) is 2.84. The Labute approximate surface area is 91.0 Å². The number of H-pyrrole nitrogens is 1. The number of carboxylic acids is 1. The van der Waals surface area contributed by atoms with Crippen LogP contribution in [-0.4, -0.2) is 38.8 Å². The number of nitrogens with zero attached hydrogens (tertiary/aromatic N) is 2. The highest BCUT2D eigenvalue weighted by Gasteiger charge is 2.09. The molecule has 88 valence electrons. The predicted molar refractivity (Wildman–Crippen MR) is 53.1 cm³/mol. The number of aliphatic carboxylic acids is 1. The molecule has 16 heavy (non-hydrogen) atoms. The molecule has 0 spiro atoms. The van der Waals surface area contributed by atoms with E-state index in [1.54, 1.807) is 6.92 Å². The smallest absolute Gasteiger partial charge is 0.337 e. The van der Waals surface area contributed by atoms with Gasteiger partial charge in [-0.25, -0.2) is 5.10 Å². The zero-order valence-corrected chi connectivity index (χ0v) is 8.69. The Hall–Kier alpha value is -2.12. The lowest BCUT2D eigenvalue weighted by atomic mass is 10.3. The number of hydrogen-bond donors (Lipinski definition) is 3. The number of hydrogen-bond acceptors (Lipinski definition) is 5. The standard InChI is InChI=1S/C8H12N4O4/c1-2-16-8-10-7(11-12-8)9-5(13)3-4-6(14)15/h2-4H2,1H3,(H,14,15)(H2,9,10,11,12,13). The summed E-state index contributed by atoms with van der Waals surface area (Å²) in [5.74, 6) is -1.33. The van der Waals surface area contributed by atoms with Gasteiger partial charge in [-0.15, -0.1) is 5.10 Å². The van der Waals surface area contributed by atoms with Crippen molar-refractivity contribution in [3.8, 4) is 6.01 Å². The number of carbonyl (C=O) groups is 2. The molecule has 8 heteroatoms. The molecule has 1 aromatic rings. The molecule has 0 bridgehead atoms. The van der Waals surface area contributed by atoms with Gasteiger partial charge in [-0.1, -0.05) is 0 Å². The van der Waals surface area contributed by atoms with Crippen molar-refractivity contribution in [2.45, 2.75) is 19.8 Å². The Morgan fingerprint density at radius 2 is 2.25 bits per heavy atom. The van der Waals surface area contributed by atoms with Crippen molar-refractivity contribution in [1.82, 2.24) is 15.2 Å². The minimum absolute atomic E-state index is 0.111. The molecule has 0 radical (unpaired) electrons. The number of aromatic nitrogens is 3. The Bertz CT molecular complexity index is 376. The average molecular weight is 228 g/mol. The lowest BCUT2D eigenvalue weighted by molar-refractivity contribution is -0.138. The third-order valence-corrected chi connectivity index (χ3v) is 1.56. The van der Waals surface area contributed by atoms with Gasteiger partial charge in [0, 0.05) is 6.42 Å². The molecule has 1 aromatic heterocycles. The maximum Gasteiger partial charge on any atom is 0.337 e. The summed E-state index contributed by atoms with van der Waals surface area (Å²) < 4.78 is 4.97. The fourth-order valence-corrected chi connectivity index (χ4v) is 0.911. The monoisotopic (exact) mass is 228 g/mol. The zero-order chi connectivity index (χ0) is 12.0. The van der Waals surface area contributed by atoms with Crippen molar-refractivity contribution in [3.05, 3.63) is 0 Å². The van der Waals surface area contributed by atoms with E-state index in [0.29, 0.717) is 6.61 Å². The minimum Gasteiger partial charge on any atom is -0.481 e. The molecule has 1 heterocycles. The van der Waals surface area contributed by atoms with Crippen molar-refractivity contribution < 1.29 is 19.4 Å². The van der Waals surface area contributed by atoms with Crippen molar-refractivity contribution in [3.63, 3.8) is 0 Å². The van der Waals surface area contributed by atoms with Crippen LogP contribution in [0.15, 0.2) is 0 Å². The second kappa shape index (κ2) is 5.69. The van der Waals surface area contributed by atoms with Gasteiger partial charge in [0.1, 0.15) is 0 Å². The van der Waals surface area contributed by atoms with Gasteiger partial charge in [-0.3, -0.25) is 14.9 Å². The van der Waals surface area contributed by atoms with E-state index in [1.807, 2.05) is 0 Å². The molecular formula is C8H12N4O4. The first-order valence-electron chi connectivity index (χ1n) is 4.68. The van der Waals surface area contributed by atoms with Gasteiger partial charge in [0.15, 0.2) is 0 Å². The van der Waals surface area contributed by atoms with Crippen LogP contribution in [-0.2, 0) is 9.59 Å². The summed E-state index contributed by atoms with van der Waals surface area (Å²) in [7, 11) is 0.